The average Bonchev–Trinajstić information content (AvgIpc) is 2.82. The molecule has 1 fully saturated rings. The molecular weight excluding hydrogens is 300 g/mol. The third kappa shape index (κ3) is 5.46. The topological polar surface area (TPSA) is 58.1 Å². The number of amides is 1. The fourth-order valence-corrected chi connectivity index (χ4v) is 3.40. The molecule has 5 nitrogen and oxygen atoms in total. The molecule has 1 amide bonds. The molecule has 0 spiro atoms. The second-order valence-electron chi connectivity index (χ2n) is 6.81. The van der Waals surface area contributed by atoms with E-state index in [0.717, 1.165) is 31.7 Å². The van der Waals surface area contributed by atoms with E-state index in [0.29, 0.717) is 17.6 Å². The van der Waals surface area contributed by atoms with Gasteiger partial charge in [0.05, 0.1) is 0 Å². The van der Waals surface area contributed by atoms with Crippen LogP contribution in [-0.2, 0) is 0 Å². The average molecular weight is 332 g/mol. The summed E-state index contributed by atoms with van der Waals surface area (Å²) in [6.45, 7) is 7.61. The van der Waals surface area contributed by atoms with Crippen LogP contribution in [-0.4, -0.2) is 39.9 Å². The molecule has 0 saturated heterocycles. The Balaban J connectivity index is 2.12. The first kappa shape index (κ1) is 18.7. The Morgan fingerprint density at radius 1 is 1.12 bits per heavy atom. The Bertz CT molecular complexity index is 518. The van der Waals surface area contributed by atoms with Crippen LogP contribution in [0.5, 0.6) is 0 Å². The highest BCUT2D eigenvalue weighted by Gasteiger charge is 2.19. The minimum absolute atomic E-state index is 0.0214. The van der Waals surface area contributed by atoms with Gasteiger partial charge in [-0.05, 0) is 32.6 Å². The van der Waals surface area contributed by atoms with Gasteiger partial charge in [-0.3, -0.25) is 4.79 Å². The highest BCUT2D eigenvalue weighted by Crippen LogP contribution is 2.21. The number of aromatic nitrogens is 2. The lowest BCUT2D eigenvalue weighted by Gasteiger charge is -2.22. The summed E-state index contributed by atoms with van der Waals surface area (Å²) in [6.07, 6.45) is 9.49. The molecule has 1 aliphatic rings. The van der Waals surface area contributed by atoms with E-state index in [1.54, 1.807) is 0 Å². The van der Waals surface area contributed by atoms with Crippen LogP contribution >= 0.6 is 0 Å². The molecule has 1 saturated carbocycles. The molecule has 0 aliphatic heterocycles. The second-order valence-corrected chi connectivity index (χ2v) is 6.81. The molecule has 0 radical (unpaired) electrons. The van der Waals surface area contributed by atoms with Gasteiger partial charge in [0.25, 0.3) is 5.91 Å². The monoisotopic (exact) mass is 332 g/mol. The fourth-order valence-electron chi connectivity index (χ4n) is 3.40. The first-order valence-electron chi connectivity index (χ1n) is 9.55. The third-order valence-corrected chi connectivity index (χ3v) is 4.54. The van der Waals surface area contributed by atoms with Crippen LogP contribution in [0, 0.1) is 6.92 Å². The molecule has 0 unspecified atom stereocenters. The van der Waals surface area contributed by atoms with Crippen molar-refractivity contribution >= 4 is 11.7 Å². The van der Waals surface area contributed by atoms with Gasteiger partial charge in [0, 0.05) is 25.2 Å². The first-order valence-corrected chi connectivity index (χ1v) is 9.55. The third-order valence-electron chi connectivity index (χ3n) is 4.54. The number of aryl methyl sites for hydroxylation is 1. The number of anilines is 1. The maximum Gasteiger partial charge on any atom is 0.272 e. The quantitative estimate of drug-likeness (QED) is 0.761. The molecule has 1 heterocycles. The predicted octanol–water partition coefficient (Wildman–Crippen LogP) is 4.18. The lowest BCUT2D eigenvalue weighted by molar-refractivity contribution is 0.0749. The van der Waals surface area contributed by atoms with Gasteiger partial charge < -0.3 is 10.2 Å². The Morgan fingerprint density at radius 3 is 2.33 bits per heavy atom. The largest absolute Gasteiger partial charge is 0.367 e. The lowest BCUT2D eigenvalue weighted by atomic mass is 10.1. The molecule has 1 aromatic rings. The highest BCUT2D eigenvalue weighted by molar-refractivity contribution is 5.93. The van der Waals surface area contributed by atoms with Gasteiger partial charge in [-0.2, -0.15) is 0 Å². The van der Waals surface area contributed by atoms with Crippen molar-refractivity contribution < 1.29 is 4.79 Å². The number of hydrogen-bond acceptors (Lipinski definition) is 4. The maximum absolute atomic E-state index is 12.8. The SMILES string of the molecule is CCCN(CCC)C(=O)c1cc(NC2CCCCCC2)nc(C)n1. The Morgan fingerprint density at radius 2 is 1.75 bits per heavy atom. The number of carbonyl (C=O) groups excluding carboxylic acids is 1. The molecule has 134 valence electrons. The van der Waals surface area contributed by atoms with Crippen molar-refractivity contribution in [2.24, 2.45) is 0 Å². The van der Waals surface area contributed by atoms with E-state index in [1.165, 1.54) is 38.5 Å². The van der Waals surface area contributed by atoms with Gasteiger partial charge in [-0.15, -0.1) is 0 Å². The summed E-state index contributed by atoms with van der Waals surface area (Å²) < 4.78 is 0. The molecule has 1 N–H and O–H groups in total. The van der Waals surface area contributed by atoms with Gasteiger partial charge in [0.2, 0.25) is 0 Å². The smallest absolute Gasteiger partial charge is 0.272 e. The minimum Gasteiger partial charge on any atom is -0.367 e. The number of nitrogens with zero attached hydrogens (tertiary/aromatic N) is 3. The molecule has 0 bridgehead atoms. The molecular formula is C19H32N4O. The van der Waals surface area contributed by atoms with Crippen LogP contribution in [0.3, 0.4) is 0 Å². The Kier molecular flexibility index (Phi) is 7.47. The zero-order valence-electron chi connectivity index (χ0n) is 15.5. The fraction of sp³-hybridized carbons (Fsp3) is 0.737. The summed E-state index contributed by atoms with van der Waals surface area (Å²) in [7, 11) is 0. The van der Waals surface area contributed by atoms with Gasteiger partial charge in [-0.1, -0.05) is 39.5 Å². The van der Waals surface area contributed by atoms with E-state index in [1.807, 2.05) is 17.9 Å². The van der Waals surface area contributed by atoms with Crippen molar-refractivity contribution in [1.82, 2.24) is 14.9 Å². The summed E-state index contributed by atoms with van der Waals surface area (Å²) >= 11 is 0. The van der Waals surface area contributed by atoms with Gasteiger partial charge in [0.15, 0.2) is 0 Å². The number of hydrogen-bond donors (Lipinski definition) is 1. The zero-order chi connectivity index (χ0) is 17.4. The van der Waals surface area contributed by atoms with E-state index in [-0.39, 0.29) is 5.91 Å². The van der Waals surface area contributed by atoms with Gasteiger partial charge in [0.1, 0.15) is 17.3 Å². The van der Waals surface area contributed by atoms with Crippen LogP contribution in [0.15, 0.2) is 6.07 Å². The van der Waals surface area contributed by atoms with Crippen molar-refractivity contribution in [3.8, 4) is 0 Å². The lowest BCUT2D eigenvalue weighted by Crippen LogP contribution is -2.33. The zero-order valence-corrected chi connectivity index (χ0v) is 15.5. The van der Waals surface area contributed by atoms with Crippen molar-refractivity contribution in [3.05, 3.63) is 17.6 Å². The van der Waals surface area contributed by atoms with E-state index < -0.39 is 0 Å². The number of nitrogens with one attached hydrogen (secondary N) is 1. The first-order chi connectivity index (χ1) is 11.6. The van der Waals surface area contributed by atoms with Gasteiger partial charge in [-0.25, -0.2) is 9.97 Å². The Hall–Kier alpha value is -1.65. The molecule has 2 rings (SSSR count). The van der Waals surface area contributed by atoms with Crippen LogP contribution in [0.2, 0.25) is 0 Å². The summed E-state index contributed by atoms with van der Waals surface area (Å²) in [5.41, 5.74) is 0.514. The molecule has 1 aliphatic carbocycles. The number of rotatable bonds is 7. The molecule has 0 atom stereocenters. The van der Waals surface area contributed by atoms with Crippen LogP contribution in [0.1, 0.15) is 81.5 Å². The minimum atomic E-state index is 0.0214. The molecule has 1 aromatic heterocycles. The maximum atomic E-state index is 12.8. The summed E-state index contributed by atoms with van der Waals surface area (Å²) in [5.74, 6) is 1.48. The van der Waals surface area contributed by atoms with E-state index in [2.05, 4.69) is 29.1 Å². The van der Waals surface area contributed by atoms with E-state index in [9.17, 15) is 4.79 Å². The molecule has 24 heavy (non-hydrogen) atoms. The van der Waals surface area contributed by atoms with E-state index in [4.69, 9.17) is 0 Å². The molecule has 5 heteroatoms. The Labute approximate surface area is 146 Å². The standard InChI is InChI=1S/C19H32N4O/c1-4-12-23(13-5-2)19(24)17-14-18(21-15(3)20-17)22-16-10-8-6-7-9-11-16/h14,16H,4-13H2,1-3H3,(H,20,21,22). The van der Waals surface area contributed by atoms with Crippen LogP contribution in [0.25, 0.3) is 0 Å². The van der Waals surface area contributed by atoms with Crippen molar-refractivity contribution in [2.45, 2.75) is 78.2 Å². The summed E-state index contributed by atoms with van der Waals surface area (Å²) in [5, 5.41) is 3.54. The predicted molar refractivity (Wildman–Crippen MR) is 98.4 cm³/mol. The van der Waals surface area contributed by atoms with Gasteiger partial charge >= 0.3 is 0 Å². The summed E-state index contributed by atoms with van der Waals surface area (Å²) in [4.78, 5) is 23.6. The van der Waals surface area contributed by atoms with Crippen LogP contribution < -0.4 is 5.32 Å². The van der Waals surface area contributed by atoms with Crippen molar-refractivity contribution in [3.63, 3.8) is 0 Å². The number of carbonyl (C=O) groups is 1. The summed E-state index contributed by atoms with van der Waals surface area (Å²) in [6, 6.07) is 2.30. The highest BCUT2D eigenvalue weighted by atomic mass is 16.2. The van der Waals surface area contributed by atoms with E-state index >= 15 is 0 Å². The van der Waals surface area contributed by atoms with Crippen molar-refractivity contribution in [1.29, 1.82) is 0 Å². The van der Waals surface area contributed by atoms with Crippen LogP contribution in [0.4, 0.5) is 5.82 Å². The second kappa shape index (κ2) is 9.60. The normalized spacial score (nSPS) is 15.8. The molecule has 0 aromatic carbocycles. The van der Waals surface area contributed by atoms with Crippen molar-refractivity contribution in [2.75, 3.05) is 18.4 Å².